The molecule has 1 aromatic rings. The van der Waals surface area contributed by atoms with Crippen molar-refractivity contribution in [1.82, 2.24) is 15.1 Å². The lowest BCUT2D eigenvalue weighted by Crippen LogP contribution is -2.55. The van der Waals surface area contributed by atoms with Crippen molar-refractivity contribution in [1.29, 1.82) is 0 Å². The highest BCUT2D eigenvalue weighted by Crippen LogP contribution is 2.52. The first-order valence-corrected chi connectivity index (χ1v) is 21.4. The van der Waals surface area contributed by atoms with Gasteiger partial charge in [-0.15, -0.1) is 10.1 Å². The molecular formula is C42H66N4O11. The number of unbranched alkanes of at least 4 members (excludes halogenated alkanes) is 2. The number of piperidine rings is 1. The Morgan fingerprint density at radius 2 is 1.77 bits per heavy atom. The minimum absolute atomic E-state index is 0.0253. The van der Waals surface area contributed by atoms with Crippen LogP contribution in [-0.4, -0.2) is 145 Å². The molecule has 0 bridgehead atoms. The zero-order valence-electron chi connectivity index (χ0n) is 34.1. The zero-order chi connectivity index (χ0) is 40.0. The summed E-state index contributed by atoms with van der Waals surface area (Å²) in [6.07, 6.45) is 6.61. The summed E-state index contributed by atoms with van der Waals surface area (Å²) < 4.78 is 35.1. The second-order valence-corrected chi connectivity index (χ2v) is 16.7. The SMILES string of the molecule is COCCCN1CCOC2CCC(COC3CN(C(=O)CCCCCO[N+](=O)[O-])CC(CNC(=O)CC4C5COCC54)C3c3ccc(COCCOC)cc3)CC21. The average Bonchev–Trinajstić information content (AvgIpc) is 3.60. The van der Waals surface area contributed by atoms with Gasteiger partial charge in [0.2, 0.25) is 11.8 Å². The van der Waals surface area contributed by atoms with Gasteiger partial charge in [-0.1, -0.05) is 30.7 Å². The minimum atomic E-state index is -0.781. The molecule has 3 saturated heterocycles. The van der Waals surface area contributed by atoms with Crippen molar-refractivity contribution in [3.05, 3.63) is 45.5 Å². The van der Waals surface area contributed by atoms with Crippen LogP contribution in [0, 0.1) is 39.7 Å². The normalized spacial score (nSPS) is 29.7. The Labute approximate surface area is 337 Å². The molecule has 2 amide bonds. The maximum Gasteiger partial charge on any atom is 0.294 e. The summed E-state index contributed by atoms with van der Waals surface area (Å²) >= 11 is 0. The van der Waals surface area contributed by atoms with E-state index in [1.54, 1.807) is 14.2 Å². The van der Waals surface area contributed by atoms with E-state index in [4.69, 9.17) is 28.4 Å². The van der Waals surface area contributed by atoms with E-state index in [0.29, 0.717) is 108 Å². The molecule has 1 aromatic carbocycles. The van der Waals surface area contributed by atoms with Crippen LogP contribution in [0.5, 0.6) is 0 Å². The third kappa shape index (κ3) is 12.8. The van der Waals surface area contributed by atoms with Crippen LogP contribution in [0.1, 0.15) is 74.8 Å². The number of ether oxygens (including phenoxy) is 6. The van der Waals surface area contributed by atoms with Gasteiger partial charge in [-0.25, -0.2) is 0 Å². The van der Waals surface area contributed by atoms with Crippen molar-refractivity contribution in [2.45, 2.75) is 88.6 Å². The molecule has 57 heavy (non-hydrogen) atoms. The molecule has 3 aliphatic heterocycles. The molecule has 0 spiro atoms. The van der Waals surface area contributed by atoms with Crippen LogP contribution >= 0.6 is 0 Å². The molecule has 15 heteroatoms. The minimum Gasteiger partial charge on any atom is -0.385 e. The standard InChI is InChI=1S/C42H66N4O11/c1-51-16-6-14-44-15-18-55-38-13-10-31(21-37(38)44)27-56-39-25-45(41(48)7-4-3-5-17-57-46(49)50)24-33(23-43-40(47)22-34-35-28-54-29-36(34)35)42(39)32-11-8-30(9-12-32)26-53-20-19-52-2/h8-9,11-12,31,33-39,42H,3-7,10,13-29H2,1-2H3,(H,43,47). The Morgan fingerprint density at radius 1 is 0.965 bits per heavy atom. The first kappa shape index (κ1) is 43.7. The average molecular weight is 803 g/mol. The van der Waals surface area contributed by atoms with E-state index in [9.17, 15) is 19.7 Å². The largest absolute Gasteiger partial charge is 0.385 e. The van der Waals surface area contributed by atoms with E-state index in [-0.39, 0.29) is 42.5 Å². The van der Waals surface area contributed by atoms with Crippen LogP contribution in [-0.2, 0) is 49.5 Å². The fourth-order valence-corrected chi connectivity index (χ4v) is 9.73. The fraction of sp³-hybridized carbons (Fsp3) is 0.810. The topological polar surface area (TPSA) is 160 Å². The van der Waals surface area contributed by atoms with Crippen LogP contribution < -0.4 is 5.32 Å². The molecular weight excluding hydrogens is 736 g/mol. The van der Waals surface area contributed by atoms with Gasteiger partial charge in [0.05, 0.1) is 58.5 Å². The number of fused-ring (bicyclic) bond motifs is 2. The number of hydrogen-bond acceptors (Lipinski definition) is 12. The summed E-state index contributed by atoms with van der Waals surface area (Å²) in [5, 5.41) is 13.0. The van der Waals surface area contributed by atoms with Crippen LogP contribution in [0.25, 0.3) is 0 Å². The highest BCUT2D eigenvalue weighted by atomic mass is 16.9. The quantitative estimate of drug-likeness (QED) is 0.0916. The predicted molar refractivity (Wildman–Crippen MR) is 210 cm³/mol. The summed E-state index contributed by atoms with van der Waals surface area (Å²) in [7, 11) is 3.41. The monoisotopic (exact) mass is 802 g/mol. The van der Waals surface area contributed by atoms with Gasteiger partial charge < -0.3 is 43.5 Å². The number of carbonyl (C=O) groups excluding carboxylic acids is 2. The van der Waals surface area contributed by atoms with Crippen molar-refractivity contribution in [3.8, 4) is 0 Å². The molecule has 8 atom stereocenters. The summed E-state index contributed by atoms with van der Waals surface area (Å²) in [6, 6.07) is 8.87. The van der Waals surface area contributed by atoms with Crippen molar-refractivity contribution in [3.63, 3.8) is 0 Å². The lowest BCUT2D eigenvalue weighted by atomic mass is 9.77. The molecule has 8 unspecified atom stereocenters. The fourth-order valence-electron chi connectivity index (χ4n) is 9.73. The molecule has 0 radical (unpaired) electrons. The lowest BCUT2D eigenvalue weighted by molar-refractivity contribution is -0.757. The Kier molecular flexibility index (Phi) is 17.2. The third-order valence-electron chi connectivity index (χ3n) is 12.9. The molecule has 0 aromatic heterocycles. The van der Waals surface area contributed by atoms with Crippen molar-refractivity contribution in [2.75, 3.05) is 99.8 Å². The Balaban J connectivity index is 1.16. The number of rotatable bonds is 24. The van der Waals surface area contributed by atoms with Gasteiger partial charge >= 0.3 is 0 Å². The van der Waals surface area contributed by atoms with Gasteiger partial charge in [-0.2, -0.15) is 0 Å². The zero-order valence-corrected chi connectivity index (χ0v) is 34.1. The lowest BCUT2D eigenvalue weighted by Gasteiger charge is -2.47. The van der Waals surface area contributed by atoms with E-state index in [0.717, 1.165) is 76.3 Å². The van der Waals surface area contributed by atoms with Crippen LogP contribution in [0.15, 0.2) is 24.3 Å². The number of benzene rings is 1. The number of nitrogens with zero attached hydrogens (tertiary/aromatic N) is 3. The molecule has 2 saturated carbocycles. The van der Waals surface area contributed by atoms with E-state index >= 15 is 0 Å². The second kappa shape index (κ2) is 22.5. The molecule has 2 aliphatic carbocycles. The number of likely N-dealkylation sites (tertiary alicyclic amines) is 1. The Hall–Kier alpha value is -2.92. The summed E-state index contributed by atoms with van der Waals surface area (Å²) in [6.45, 7) is 8.48. The van der Waals surface area contributed by atoms with Crippen molar-refractivity contribution < 1.29 is 47.9 Å². The molecule has 5 fully saturated rings. The molecule has 320 valence electrons. The Bertz CT molecular complexity index is 1390. The first-order chi connectivity index (χ1) is 27.8. The molecule has 3 heterocycles. The molecule has 15 nitrogen and oxygen atoms in total. The highest BCUT2D eigenvalue weighted by Gasteiger charge is 2.54. The number of carbonyl (C=O) groups is 2. The van der Waals surface area contributed by atoms with Gasteiger partial charge in [0.15, 0.2) is 0 Å². The van der Waals surface area contributed by atoms with Gasteiger partial charge in [0, 0.05) is 90.9 Å². The number of nitrogens with one attached hydrogen (secondary N) is 1. The molecule has 5 aliphatic rings. The van der Waals surface area contributed by atoms with Gasteiger partial charge in [-0.3, -0.25) is 14.5 Å². The van der Waals surface area contributed by atoms with Crippen LogP contribution in [0.4, 0.5) is 0 Å². The number of hydrogen-bond donors (Lipinski definition) is 1. The molecule has 1 N–H and O–H groups in total. The van der Waals surface area contributed by atoms with E-state index in [1.807, 2.05) is 4.90 Å². The van der Waals surface area contributed by atoms with Crippen LogP contribution in [0.3, 0.4) is 0 Å². The number of methoxy groups -OCH3 is 2. The predicted octanol–water partition coefficient (Wildman–Crippen LogP) is 3.85. The number of amides is 2. The van der Waals surface area contributed by atoms with E-state index in [1.165, 1.54) is 0 Å². The number of morpholine rings is 1. The maximum atomic E-state index is 13.9. The first-order valence-electron chi connectivity index (χ1n) is 21.4. The van der Waals surface area contributed by atoms with Gasteiger partial charge in [0.1, 0.15) is 0 Å². The van der Waals surface area contributed by atoms with Crippen LogP contribution in [0.2, 0.25) is 0 Å². The van der Waals surface area contributed by atoms with Crippen molar-refractivity contribution >= 4 is 11.8 Å². The molecule has 6 rings (SSSR count). The third-order valence-corrected chi connectivity index (χ3v) is 12.9. The smallest absolute Gasteiger partial charge is 0.294 e. The van der Waals surface area contributed by atoms with E-state index in [2.05, 4.69) is 39.3 Å². The Morgan fingerprint density at radius 3 is 2.54 bits per heavy atom. The second-order valence-electron chi connectivity index (χ2n) is 16.7. The maximum absolute atomic E-state index is 13.9. The highest BCUT2D eigenvalue weighted by molar-refractivity contribution is 5.77. The summed E-state index contributed by atoms with van der Waals surface area (Å²) in [4.78, 5) is 46.7. The summed E-state index contributed by atoms with van der Waals surface area (Å²) in [5.41, 5.74) is 2.19. The van der Waals surface area contributed by atoms with E-state index < -0.39 is 5.09 Å². The van der Waals surface area contributed by atoms with Gasteiger partial charge in [-0.05, 0) is 73.3 Å². The summed E-state index contributed by atoms with van der Waals surface area (Å²) in [5.74, 6) is 1.72. The van der Waals surface area contributed by atoms with Crippen molar-refractivity contribution in [2.24, 2.45) is 29.6 Å². The van der Waals surface area contributed by atoms with Gasteiger partial charge in [0.25, 0.3) is 5.09 Å².